The molecule has 0 fully saturated rings. The molecule has 72 heavy (non-hydrogen) atoms. The molecule has 0 heterocycles. The van der Waals surface area contributed by atoms with E-state index in [2.05, 4.69) is 93.7 Å². The molecule has 0 N–H and O–H groups in total. The Hall–Kier alpha value is -3.15. The minimum atomic E-state index is -0.789. The van der Waals surface area contributed by atoms with Crippen molar-refractivity contribution in [1.29, 1.82) is 0 Å². The van der Waals surface area contributed by atoms with Crippen LogP contribution in [0, 0.1) is 0 Å². The molecule has 0 saturated carbocycles. The summed E-state index contributed by atoms with van der Waals surface area (Å²) in [6.07, 6.45) is 77.6. The number of carbonyl (C=O) groups excluding carboxylic acids is 3. The molecule has 0 aromatic rings. The van der Waals surface area contributed by atoms with Gasteiger partial charge < -0.3 is 14.2 Å². The molecule has 416 valence electrons. The van der Waals surface area contributed by atoms with Crippen LogP contribution in [-0.4, -0.2) is 37.2 Å². The van der Waals surface area contributed by atoms with Gasteiger partial charge in [0.1, 0.15) is 13.2 Å². The molecule has 0 saturated heterocycles. The van der Waals surface area contributed by atoms with Crippen molar-refractivity contribution < 1.29 is 28.6 Å². The predicted molar refractivity (Wildman–Crippen MR) is 311 cm³/mol. The third-order valence-corrected chi connectivity index (χ3v) is 13.5. The second-order valence-corrected chi connectivity index (χ2v) is 20.6. The lowest BCUT2D eigenvalue weighted by Gasteiger charge is -2.18. The Morgan fingerprint density at radius 1 is 0.306 bits per heavy atom. The third-order valence-electron chi connectivity index (χ3n) is 13.5. The number of hydrogen-bond acceptors (Lipinski definition) is 6. The molecule has 0 radical (unpaired) electrons. The average Bonchev–Trinajstić information content (AvgIpc) is 3.38. The monoisotopic (exact) mass is 1000 g/mol. The van der Waals surface area contributed by atoms with E-state index in [0.29, 0.717) is 19.3 Å². The minimum absolute atomic E-state index is 0.0849. The predicted octanol–water partition coefficient (Wildman–Crippen LogP) is 20.9. The van der Waals surface area contributed by atoms with E-state index in [0.717, 1.165) is 89.9 Å². The maximum Gasteiger partial charge on any atom is 0.306 e. The van der Waals surface area contributed by atoms with E-state index in [1.54, 1.807) is 0 Å². The van der Waals surface area contributed by atoms with Crippen LogP contribution in [0.4, 0.5) is 0 Å². The van der Waals surface area contributed by atoms with Crippen LogP contribution in [0.25, 0.3) is 0 Å². The molecule has 0 aliphatic rings. The molecule has 0 spiro atoms. The highest BCUT2D eigenvalue weighted by Crippen LogP contribution is 2.17. The zero-order chi connectivity index (χ0) is 52.2. The lowest BCUT2D eigenvalue weighted by Crippen LogP contribution is -2.30. The van der Waals surface area contributed by atoms with E-state index in [1.165, 1.54) is 180 Å². The van der Waals surface area contributed by atoms with Crippen LogP contribution in [-0.2, 0) is 28.6 Å². The van der Waals surface area contributed by atoms with Crippen molar-refractivity contribution in [3.8, 4) is 0 Å². The highest BCUT2D eigenvalue weighted by atomic mass is 16.6. The Balaban J connectivity index is 4.39. The first-order valence-electron chi connectivity index (χ1n) is 31.0. The van der Waals surface area contributed by atoms with E-state index in [9.17, 15) is 14.4 Å². The quantitative estimate of drug-likeness (QED) is 0.0199. The van der Waals surface area contributed by atoms with Crippen LogP contribution in [0.15, 0.2) is 72.9 Å². The first-order chi connectivity index (χ1) is 35.5. The number of carbonyl (C=O) groups is 3. The number of unbranched alkanes of at least 4 members (excludes halogenated alkanes) is 34. The van der Waals surface area contributed by atoms with Crippen molar-refractivity contribution in [2.75, 3.05) is 13.2 Å². The Morgan fingerprint density at radius 3 is 0.972 bits per heavy atom. The van der Waals surface area contributed by atoms with Gasteiger partial charge >= 0.3 is 17.9 Å². The fourth-order valence-electron chi connectivity index (χ4n) is 8.84. The first kappa shape index (κ1) is 68.8. The van der Waals surface area contributed by atoms with Crippen LogP contribution >= 0.6 is 0 Å². The van der Waals surface area contributed by atoms with Crippen LogP contribution in [0.5, 0.6) is 0 Å². The lowest BCUT2D eigenvalue weighted by atomic mass is 10.0. The lowest BCUT2D eigenvalue weighted by molar-refractivity contribution is -0.167. The van der Waals surface area contributed by atoms with Gasteiger partial charge in [0.15, 0.2) is 6.10 Å². The number of esters is 3. The van der Waals surface area contributed by atoms with Gasteiger partial charge in [-0.3, -0.25) is 14.4 Å². The summed E-state index contributed by atoms with van der Waals surface area (Å²) in [6, 6.07) is 0. The molecule has 0 rings (SSSR count). The van der Waals surface area contributed by atoms with Gasteiger partial charge in [0, 0.05) is 19.3 Å². The van der Waals surface area contributed by atoms with Crippen LogP contribution < -0.4 is 0 Å². The van der Waals surface area contributed by atoms with Gasteiger partial charge in [-0.25, -0.2) is 0 Å². The van der Waals surface area contributed by atoms with E-state index >= 15 is 0 Å². The van der Waals surface area contributed by atoms with E-state index in [-0.39, 0.29) is 31.1 Å². The molecule has 6 heteroatoms. The van der Waals surface area contributed by atoms with Gasteiger partial charge in [0.25, 0.3) is 0 Å². The summed E-state index contributed by atoms with van der Waals surface area (Å²) < 4.78 is 16.9. The van der Waals surface area contributed by atoms with Gasteiger partial charge in [-0.15, -0.1) is 0 Å². The van der Waals surface area contributed by atoms with E-state index in [4.69, 9.17) is 14.2 Å². The standard InChI is InChI=1S/C66H116O6/c1-4-7-10-13-16-19-22-25-28-31-33-35-38-41-44-47-50-53-56-59-65(68)71-62-63(61-70-64(67)58-55-52-49-46-43-40-37-30-27-24-21-18-15-12-9-6-3)72-66(69)60-57-54-51-48-45-42-39-36-34-32-29-26-23-20-17-14-11-8-5-2/h9,12,16,18-19,21-22,25,27,30,40,43,63H,4-8,10-11,13-15,17,20,23-24,26,28-29,31-39,41-42,44-62H2,1-3H3/b12-9-,19-16-,21-18-,25-22-,30-27-,43-40-. The molecule has 0 amide bonds. The molecule has 0 aliphatic carbocycles. The first-order valence-corrected chi connectivity index (χ1v) is 31.0. The van der Waals surface area contributed by atoms with Gasteiger partial charge in [-0.2, -0.15) is 0 Å². The minimum Gasteiger partial charge on any atom is -0.462 e. The molecule has 6 nitrogen and oxygen atoms in total. The maximum atomic E-state index is 12.9. The average molecular weight is 1010 g/mol. The van der Waals surface area contributed by atoms with Gasteiger partial charge in [0.05, 0.1) is 0 Å². The summed E-state index contributed by atoms with van der Waals surface area (Å²) in [5.41, 5.74) is 0. The van der Waals surface area contributed by atoms with Crippen LogP contribution in [0.1, 0.15) is 310 Å². The Bertz CT molecular complexity index is 1340. The molecule has 0 aliphatic heterocycles. The molecule has 0 aromatic heterocycles. The summed E-state index contributed by atoms with van der Waals surface area (Å²) in [4.78, 5) is 38.3. The van der Waals surface area contributed by atoms with E-state index < -0.39 is 6.10 Å². The normalized spacial score (nSPS) is 12.5. The van der Waals surface area contributed by atoms with Crippen molar-refractivity contribution >= 4 is 17.9 Å². The number of rotatable bonds is 56. The van der Waals surface area contributed by atoms with Crippen molar-refractivity contribution in [2.24, 2.45) is 0 Å². The highest BCUT2D eigenvalue weighted by molar-refractivity contribution is 5.71. The van der Waals surface area contributed by atoms with Gasteiger partial charge in [-0.05, 0) is 83.5 Å². The van der Waals surface area contributed by atoms with Crippen molar-refractivity contribution in [3.05, 3.63) is 72.9 Å². The van der Waals surface area contributed by atoms with Gasteiger partial charge in [0.2, 0.25) is 0 Å². The van der Waals surface area contributed by atoms with E-state index in [1.807, 2.05) is 0 Å². The SMILES string of the molecule is CC/C=C\C/C=C\C/C=C\C/C=C\CCCCCC(=O)OCC(COC(=O)CCCCCCCCCCCC/C=C\C=C/CCCCC)OC(=O)CCCCCCCCCCCCCCCCCCCCC. The molecular weight excluding hydrogens is 889 g/mol. The van der Waals surface area contributed by atoms with Crippen LogP contribution in [0.3, 0.4) is 0 Å². The maximum absolute atomic E-state index is 12.9. The Kier molecular flexibility index (Phi) is 57.8. The largest absolute Gasteiger partial charge is 0.462 e. The smallest absolute Gasteiger partial charge is 0.306 e. The fraction of sp³-hybridized carbons (Fsp3) is 0.773. The summed E-state index contributed by atoms with van der Waals surface area (Å²) in [7, 11) is 0. The molecule has 0 aromatic carbocycles. The zero-order valence-electron chi connectivity index (χ0n) is 47.7. The fourth-order valence-corrected chi connectivity index (χ4v) is 8.84. The Morgan fingerprint density at radius 2 is 0.583 bits per heavy atom. The Labute approximate surface area is 446 Å². The summed E-state index contributed by atoms with van der Waals surface area (Å²) >= 11 is 0. The number of ether oxygens (including phenoxy) is 3. The van der Waals surface area contributed by atoms with Crippen molar-refractivity contribution in [3.63, 3.8) is 0 Å². The third kappa shape index (κ3) is 57.7. The molecular formula is C66H116O6. The zero-order valence-corrected chi connectivity index (χ0v) is 47.7. The second-order valence-electron chi connectivity index (χ2n) is 20.6. The van der Waals surface area contributed by atoms with Crippen molar-refractivity contribution in [2.45, 2.75) is 316 Å². The number of allylic oxidation sites excluding steroid dienone is 12. The topological polar surface area (TPSA) is 78.9 Å². The second kappa shape index (κ2) is 60.4. The molecule has 1 unspecified atom stereocenters. The van der Waals surface area contributed by atoms with Crippen molar-refractivity contribution in [1.82, 2.24) is 0 Å². The highest BCUT2D eigenvalue weighted by Gasteiger charge is 2.19. The summed E-state index contributed by atoms with van der Waals surface area (Å²) in [6.45, 7) is 6.51. The summed E-state index contributed by atoms with van der Waals surface area (Å²) in [5, 5.41) is 0. The van der Waals surface area contributed by atoms with Gasteiger partial charge in [-0.1, -0.05) is 280 Å². The van der Waals surface area contributed by atoms with Crippen LogP contribution in [0.2, 0.25) is 0 Å². The molecule has 0 bridgehead atoms. The number of hydrogen-bond donors (Lipinski definition) is 0. The molecule has 1 atom stereocenters. The summed E-state index contributed by atoms with van der Waals surface area (Å²) in [5.74, 6) is -0.905.